The number of ether oxygens (including phenoxy) is 1. The van der Waals surface area contributed by atoms with Crippen LogP contribution in [0.2, 0.25) is 0 Å². The van der Waals surface area contributed by atoms with E-state index in [9.17, 15) is 10.1 Å². The molecule has 1 aromatic carbocycles. The normalized spacial score (nSPS) is 20.3. The van der Waals surface area contributed by atoms with Crippen LogP contribution >= 0.6 is 0 Å². The topological polar surface area (TPSA) is 55.6 Å². The Balaban J connectivity index is 1.90. The third kappa shape index (κ3) is 1.89. The van der Waals surface area contributed by atoms with Gasteiger partial charge in [0, 0.05) is 25.2 Å². The van der Waals surface area contributed by atoms with E-state index in [-0.39, 0.29) is 10.6 Å². The van der Waals surface area contributed by atoms with Crippen molar-refractivity contribution in [2.24, 2.45) is 0 Å². The molecule has 1 aromatic rings. The maximum Gasteiger partial charge on any atom is 0.270 e. The predicted molar refractivity (Wildman–Crippen MR) is 66.6 cm³/mol. The van der Waals surface area contributed by atoms with Crippen LogP contribution in [0.3, 0.4) is 0 Å². The van der Waals surface area contributed by atoms with E-state index in [4.69, 9.17) is 4.74 Å². The Bertz CT molecular complexity index is 497. The minimum atomic E-state index is -0.307. The van der Waals surface area contributed by atoms with Crippen LogP contribution < -0.4 is 0 Å². The van der Waals surface area contributed by atoms with E-state index in [1.807, 2.05) is 6.92 Å². The highest BCUT2D eigenvalue weighted by atomic mass is 16.6. The molecule has 1 fully saturated rings. The Kier molecular flexibility index (Phi) is 2.80. The summed E-state index contributed by atoms with van der Waals surface area (Å²) in [6.45, 7) is 5.39. The van der Waals surface area contributed by atoms with Crippen molar-refractivity contribution in [2.45, 2.75) is 25.9 Å². The van der Waals surface area contributed by atoms with Crippen molar-refractivity contribution >= 4 is 5.69 Å². The van der Waals surface area contributed by atoms with Crippen molar-refractivity contribution in [2.75, 3.05) is 19.8 Å². The predicted octanol–water partition coefficient (Wildman–Crippen LogP) is 1.66. The van der Waals surface area contributed by atoms with Gasteiger partial charge in [-0.1, -0.05) is 0 Å². The number of hydrogen-bond acceptors (Lipinski definition) is 4. The summed E-state index contributed by atoms with van der Waals surface area (Å²) in [5.41, 5.74) is 3.65. The number of nitro benzene ring substituents is 1. The molecule has 0 spiro atoms. The standard InChI is InChI=1S/C13H16N2O3/c1-9-4-11(15(16)17)5-10-6-14(3-2-13(9)10)12-7-18-8-12/h4-5,12H,2-3,6-8H2,1H3. The number of non-ortho nitro benzene ring substituents is 1. The van der Waals surface area contributed by atoms with Gasteiger partial charge in [-0.3, -0.25) is 15.0 Å². The summed E-state index contributed by atoms with van der Waals surface area (Å²) in [6.07, 6.45) is 0.982. The second-order valence-electron chi connectivity index (χ2n) is 5.07. The fraction of sp³-hybridized carbons (Fsp3) is 0.538. The van der Waals surface area contributed by atoms with Gasteiger partial charge in [-0.05, 0) is 30.0 Å². The van der Waals surface area contributed by atoms with Gasteiger partial charge in [0.1, 0.15) is 0 Å². The smallest absolute Gasteiger partial charge is 0.270 e. The first-order valence-electron chi connectivity index (χ1n) is 6.24. The molecule has 0 atom stereocenters. The molecule has 0 amide bonds. The summed E-state index contributed by atoms with van der Waals surface area (Å²) >= 11 is 0. The molecule has 2 aliphatic rings. The van der Waals surface area contributed by atoms with Crippen molar-refractivity contribution in [1.29, 1.82) is 0 Å². The summed E-state index contributed by atoms with van der Waals surface area (Å²) in [6, 6.07) is 3.91. The summed E-state index contributed by atoms with van der Waals surface area (Å²) in [7, 11) is 0. The lowest BCUT2D eigenvalue weighted by molar-refractivity contribution is -0.385. The van der Waals surface area contributed by atoms with Crippen LogP contribution in [0, 0.1) is 17.0 Å². The number of nitro groups is 1. The number of benzene rings is 1. The van der Waals surface area contributed by atoms with Gasteiger partial charge >= 0.3 is 0 Å². The van der Waals surface area contributed by atoms with Crippen LogP contribution in [0.5, 0.6) is 0 Å². The fourth-order valence-electron chi connectivity index (χ4n) is 2.77. The first-order chi connectivity index (χ1) is 8.65. The molecular weight excluding hydrogens is 232 g/mol. The monoisotopic (exact) mass is 248 g/mol. The molecule has 3 rings (SSSR count). The lowest BCUT2D eigenvalue weighted by Crippen LogP contribution is -2.50. The molecule has 2 aliphatic heterocycles. The average molecular weight is 248 g/mol. The Labute approximate surface area is 106 Å². The van der Waals surface area contributed by atoms with Gasteiger partial charge in [0.05, 0.1) is 24.2 Å². The minimum Gasteiger partial charge on any atom is -0.378 e. The van der Waals surface area contributed by atoms with Crippen molar-refractivity contribution in [3.8, 4) is 0 Å². The quantitative estimate of drug-likeness (QED) is 0.590. The van der Waals surface area contributed by atoms with Crippen molar-refractivity contribution in [1.82, 2.24) is 4.90 Å². The number of rotatable bonds is 2. The first kappa shape index (κ1) is 11.6. The van der Waals surface area contributed by atoms with Gasteiger partial charge in [0.2, 0.25) is 0 Å². The van der Waals surface area contributed by atoms with Gasteiger partial charge in [-0.15, -0.1) is 0 Å². The molecule has 0 aromatic heterocycles. The van der Waals surface area contributed by atoms with E-state index in [0.717, 1.165) is 43.9 Å². The number of nitrogens with zero attached hydrogens (tertiary/aromatic N) is 2. The Morgan fingerprint density at radius 2 is 2.22 bits per heavy atom. The van der Waals surface area contributed by atoms with Crippen molar-refractivity contribution in [3.63, 3.8) is 0 Å². The highest BCUT2D eigenvalue weighted by Crippen LogP contribution is 2.29. The molecular formula is C13H16N2O3. The molecule has 18 heavy (non-hydrogen) atoms. The van der Waals surface area contributed by atoms with Crippen molar-refractivity contribution < 1.29 is 9.66 Å². The van der Waals surface area contributed by atoms with Gasteiger partial charge in [-0.25, -0.2) is 0 Å². The number of aryl methyl sites for hydroxylation is 1. The van der Waals surface area contributed by atoms with Crippen LogP contribution in [-0.2, 0) is 17.7 Å². The maximum atomic E-state index is 10.9. The lowest BCUT2D eigenvalue weighted by Gasteiger charge is -2.40. The molecule has 0 bridgehead atoms. The molecule has 0 aliphatic carbocycles. The molecule has 1 saturated heterocycles. The minimum absolute atomic E-state index is 0.206. The molecule has 2 heterocycles. The Morgan fingerprint density at radius 1 is 1.44 bits per heavy atom. The van der Waals surface area contributed by atoms with E-state index in [2.05, 4.69) is 4.90 Å². The zero-order valence-electron chi connectivity index (χ0n) is 10.4. The van der Waals surface area contributed by atoms with Crippen molar-refractivity contribution in [3.05, 3.63) is 38.9 Å². The third-order valence-electron chi connectivity index (χ3n) is 3.92. The summed E-state index contributed by atoms with van der Waals surface area (Å²) < 4.78 is 5.21. The van der Waals surface area contributed by atoms with Gasteiger partial charge in [0.15, 0.2) is 0 Å². The fourth-order valence-corrected chi connectivity index (χ4v) is 2.77. The van der Waals surface area contributed by atoms with Gasteiger partial charge in [0.25, 0.3) is 5.69 Å². The van der Waals surface area contributed by atoms with Crippen LogP contribution in [0.25, 0.3) is 0 Å². The Morgan fingerprint density at radius 3 is 2.83 bits per heavy atom. The van der Waals surface area contributed by atoms with E-state index >= 15 is 0 Å². The maximum absolute atomic E-state index is 10.9. The van der Waals surface area contributed by atoms with Crippen LogP contribution in [0.15, 0.2) is 12.1 Å². The molecule has 5 heteroatoms. The zero-order chi connectivity index (χ0) is 12.7. The van der Waals surface area contributed by atoms with Gasteiger partial charge in [-0.2, -0.15) is 0 Å². The summed E-state index contributed by atoms with van der Waals surface area (Å²) in [5.74, 6) is 0. The van der Waals surface area contributed by atoms with Crippen LogP contribution in [0.1, 0.15) is 16.7 Å². The zero-order valence-corrected chi connectivity index (χ0v) is 10.4. The van der Waals surface area contributed by atoms with Crippen LogP contribution in [0.4, 0.5) is 5.69 Å². The molecule has 0 radical (unpaired) electrons. The lowest BCUT2D eigenvalue weighted by atomic mass is 9.93. The molecule has 0 unspecified atom stereocenters. The third-order valence-corrected chi connectivity index (χ3v) is 3.92. The highest BCUT2D eigenvalue weighted by Gasteiger charge is 2.30. The molecule has 5 nitrogen and oxygen atoms in total. The van der Waals surface area contributed by atoms with E-state index in [1.165, 1.54) is 5.56 Å². The average Bonchev–Trinajstić information content (AvgIpc) is 2.26. The second kappa shape index (κ2) is 4.33. The summed E-state index contributed by atoms with van der Waals surface area (Å²) in [4.78, 5) is 13.0. The SMILES string of the molecule is Cc1cc([N+](=O)[O-])cc2c1CCN(C1COC1)C2. The summed E-state index contributed by atoms with van der Waals surface area (Å²) in [5, 5.41) is 10.9. The van der Waals surface area contributed by atoms with E-state index in [1.54, 1.807) is 12.1 Å². The Hall–Kier alpha value is -1.46. The second-order valence-corrected chi connectivity index (χ2v) is 5.07. The molecule has 0 N–H and O–H groups in total. The molecule has 0 saturated carbocycles. The van der Waals surface area contributed by atoms with E-state index in [0.29, 0.717) is 6.04 Å². The van der Waals surface area contributed by atoms with Gasteiger partial charge < -0.3 is 4.74 Å². The first-order valence-corrected chi connectivity index (χ1v) is 6.24. The van der Waals surface area contributed by atoms with E-state index < -0.39 is 0 Å². The largest absolute Gasteiger partial charge is 0.378 e. The molecule has 96 valence electrons. The van der Waals surface area contributed by atoms with Crippen LogP contribution in [-0.4, -0.2) is 35.6 Å². The number of fused-ring (bicyclic) bond motifs is 1. The highest BCUT2D eigenvalue weighted by molar-refractivity contribution is 5.46. The number of hydrogen-bond donors (Lipinski definition) is 0.